The number of morpholine rings is 1. The molecule has 4 N–H and O–H groups in total. The summed E-state index contributed by atoms with van der Waals surface area (Å²) in [6, 6.07) is 4.65. The number of anilines is 2. The van der Waals surface area contributed by atoms with Crippen LogP contribution in [0.4, 0.5) is 11.4 Å². The van der Waals surface area contributed by atoms with Crippen LogP contribution in [-0.2, 0) is 14.8 Å². The van der Waals surface area contributed by atoms with Gasteiger partial charge in [0.2, 0.25) is 10.0 Å². The fourth-order valence-corrected chi connectivity index (χ4v) is 3.21. The van der Waals surface area contributed by atoms with E-state index in [1.165, 1.54) is 19.2 Å². The van der Waals surface area contributed by atoms with Gasteiger partial charge >= 0.3 is 0 Å². The van der Waals surface area contributed by atoms with Gasteiger partial charge in [0, 0.05) is 13.1 Å². The zero-order valence-electron chi connectivity index (χ0n) is 12.1. The molecule has 21 heavy (non-hydrogen) atoms. The van der Waals surface area contributed by atoms with Crippen molar-refractivity contribution in [2.45, 2.75) is 24.0 Å². The zero-order valence-corrected chi connectivity index (χ0v) is 12.9. The van der Waals surface area contributed by atoms with Crippen molar-refractivity contribution in [2.24, 2.45) is 0 Å². The van der Waals surface area contributed by atoms with Gasteiger partial charge in [-0.15, -0.1) is 0 Å². The van der Waals surface area contributed by atoms with Crippen molar-refractivity contribution >= 4 is 21.4 Å². The molecule has 2 atom stereocenters. The van der Waals surface area contributed by atoms with Crippen molar-refractivity contribution in [3.05, 3.63) is 18.2 Å². The Labute approximate surface area is 124 Å². The van der Waals surface area contributed by atoms with Crippen molar-refractivity contribution in [1.29, 1.82) is 0 Å². The number of aliphatic hydroxyl groups excluding tert-OH is 1. The Morgan fingerprint density at radius 1 is 1.48 bits per heavy atom. The Hall–Kier alpha value is -1.35. The van der Waals surface area contributed by atoms with Gasteiger partial charge < -0.3 is 20.5 Å². The Bertz CT molecular complexity index is 605. The van der Waals surface area contributed by atoms with E-state index in [0.29, 0.717) is 18.8 Å². The number of aliphatic hydroxyl groups is 1. The highest BCUT2D eigenvalue weighted by atomic mass is 32.2. The maximum absolute atomic E-state index is 11.8. The van der Waals surface area contributed by atoms with E-state index in [9.17, 15) is 13.5 Å². The molecule has 8 heteroatoms. The minimum absolute atomic E-state index is 0.0315. The van der Waals surface area contributed by atoms with Crippen molar-refractivity contribution in [3.63, 3.8) is 0 Å². The lowest BCUT2D eigenvalue weighted by atomic mass is 10.1. The van der Waals surface area contributed by atoms with Crippen LogP contribution >= 0.6 is 0 Å². The molecule has 0 saturated carbocycles. The molecule has 1 aromatic rings. The third kappa shape index (κ3) is 3.46. The molecule has 7 nitrogen and oxygen atoms in total. The van der Waals surface area contributed by atoms with E-state index < -0.39 is 10.0 Å². The van der Waals surface area contributed by atoms with Gasteiger partial charge in [-0.25, -0.2) is 13.1 Å². The largest absolute Gasteiger partial charge is 0.397 e. The number of hydrogen-bond acceptors (Lipinski definition) is 6. The molecule has 0 aromatic heterocycles. The first kappa shape index (κ1) is 16.0. The third-order valence-electron chi connectivity index (χ3n) is 3.45. The molecule has 0 spiro atoms. The molecule has 118 valence electrons. The van der Waals surface area contributed by atoms with Gasteiger partial charge in [-0.2, -0.15) is 0 Å². The van der Waals surface area contributed by atoms with Gasteiger partial charge in [0.1, 0.15) is 0 Å². The van der Waals surface area contributed by atoms with E-state index in [1.807, 2.05) is 11.8 Å². The first-order valence-electron chi connectivity index (χ1n) is 6.71. The van der Waals surface area contributed by atoms with E-state index in [1.54, 1.807) is 6.07 Å². The SMILES string of the molecule is CNS(=O)(=O)c1ccc(N2CC(C)OC(CO)C2)c(N)c1. The van der Waals surface area contributed by atoms with Crippen LogP contribution < -0.4 is 15.4 Å². The van der Waals surface area contributed by atoms with E-state index >= 15 is 0 Å². The lowest BCUT2D eigenvalue weighted by Crippen LogP contribution is -2.48. The van der Waals surface area contributed by atoms with Crippen LogP contribution in [-0.4, -0.2) is 52.5 Å². The molecule has 1 saturated heterocycles. The van der Waals surface area contributed by atoms with Crippen molar-refractivity contribution < 1.29 is 18.3 Å². The predicted octanol–water partition coefficient (Wildman–Crippen LogP) is -0.237. The van der Waals surface area contributed by atoms with Crippen molar-refractivity contribution in [2.75, 3.05) is 37.4 Å². The smallest absolute Gasteiger partial charge is 0.240 e. The first-order chi connectivity index (χ1) is 9.87. The highest BCUT2D eigenvalue weighted by molar-refractivity contribution is 7.89. The molecule has 0 radical (unpaired) electrons. The van der Waals surface area contributed by atoms with Gasteiger partial charge in [0.15, 0.2) is 0 Å². The van der Waals surface area contributed by atoms with E-state index in [-0.39, 0.29) is 23.7 Å². The van der Waals surface area contributed by atoms with Crippen molar-refractivity contribution in [3.8, 4) is 0 Å². The number of nitrogens with two attached hydrogens (primary N) is 1. The highest BCUT2D eigenvalue weighted by Gasteiger charge is 2.26. The molecule has 1 aliphatic rings. The summed E-state index contributed by atoms with van der Waals surface area (Å²) >= 11 is 0. The van der Waals surface area contributed by atoms with E-state index in [0.717, 1.165) is 5.69 Å². The average Bonchev–Trinajstić information content (AvgIpc) is 2.46. The number of nitrogens with zero attached hydrogens (tertiary/aromatic N) is 1. The summed E-state index contributed by atoms with van der Waals surface area (Å²) in [6.07, 6.45) is -0.301. The molecule has 0 amide bonds. The molecule has 2 rings (SSSR count). The molecule has 2 unspecified atom stereocenters. The average molecular weight is 315 g/mol. The molecule has 1 aliphatic heterocycles. The predicted molar refractivity (Wildman–Crippen MR) is 80.7 cm³/mol. The fraction of sp³-hybridized carbons (Fsp3) is 0.538. The lowest BCUT2D eigenvalue weighted by Gasteiger charge is -2.38. The second kappa shape index (κ2) is 6.18. The highest BCUT2D eigenvalue weighted by Crippen LogP contribution is 2.28. The van der Waals surface area contributed by atoms with E-state index in [2.05, 4.69) is 4.72 Å². The Morgan fingerprint density at radius 3 is 2.76 bits per heavy atom. The number of benzene rings is 1. The first-order valence-corrected chi connectivity index (χ1v) is 8.20. The Kier molecular flexibility index (Phi) is 4.72. The normalized spacial score (nSPS) is 23.3. The minimum Gasteiger partial charge on any atom is -0.397 e. The zero-order chi connectivity index (χ0) is 15.6. The maximum atomic E-state index is 11.8. The number of nitrogen functional groups attached to an aromatic ring is 1. The quantitative estimate of drug-likeness (QED) is 0.663. The summed E-state index contributed by atoms with van der Waals surface area (Å²) in [6.45, 7) is 3.01. The van der Waals surface area contributed by atoms with Gasteiger partial charge in [-0.3, -0.25) is 0 Å². The molecule has 1 fully saturated rings. The summed E-state index contributed by atoms with van der Waals surface area (Å²) in [4.78, 5) is 2.13. The number of hydrogen-bond donors (Lipinski definition) is 3. The van der Waals surface area contributed by atoms with Gasteiger partial charge in [0.25, 0.3) is 0 Å². The van der Waals surface area contributed by atoms with Crippen LogP contribution in [0.25, 0.3) is 0 Å². The van der Waals surface area contributed by atoms with Crippen molar-refractivity contribution in [1.82, 2.24) is 4.72 Å². The van der Waals surface area contributed by atoms with Crippen LogP contribution in [0.1, 0.15) is 6.92 Å². The number of rotatable bonds is 4. The minimum atomic E-state index is -3.51. The standard InChI is InChI=1S/C13H21N3O4S/c1-9-6-16(7-10(8-17)20-9)13-4-3-11(5-12(13)14)21(18,19)15-2/h3-5,9-10,15,17H,6-8,14H2,1-2H3. The molecule has 1 aromatic carbocycles. The monoisotopic (exact) mass is 315 g/mol. The molecular weight excluding hydrogens is 294 g/mol. The Morgan fingerprint density at radius 2 is 2.19 bits per heavy atom. The topological polar surface area (TPSA) is 105 Å². The van der Waals surface area contributed by atoms with Crippen LogP contribution in [0.2, 0.25) is 0 Å². The second-order valence-corrected chi connectivity index (χ2v) is 6.97. The summed E-state index contributed by atoms with van der Waals surface area (Å²) in [5.74, 6) is 0. The number of sulfonamides is 1. The van der Waals surface area contributed by atoms with E-state index in [4.69, 9.17) is 10.5 Å². The molecule has 0 bridgehead atoms. The fourth-order valence-electron chi connectivity index (χ4n) is 2.45. The van der Waals surface area contributed by atoms with Crippen LogP contribution in [0.3, 0.4) is 0 Å². The van der Waals surface area contributed by atoms with Gasteiger partial charge in [-0.1, -0.05) is 0 Å². The Balaban J connectivity index is 2.29. The molecular formula is C13H21N3O4S. The number of ether oxygens (including phenoxy) is 1. The summed E-state index contributed by atoms with van der Waals surface area (Å²) in [5.41, 5.74) is 7.13. The second-order valence-electron chi connectivity index (χ2n) is 5.08. The molecule has 0 aliphatic carbocycles. The maximum Gasteiger partial charge on any atom is 0.240 e. The third-order valence-corrected chi connectivity index (χ3v) is 4.86. The van der Waals surface area contributed by atoms with Crippen LogP contribution in [0.15, 0.2) is 23.1 Å². The number of nitrogens with one attached hydrogen (secondary N) is 1. The summed E-state index contributed by atoms with van der Waals surface area (Å²) in [7, 11) is -2.15. The van der Waals surface area contributed by atoms with Crippen LogP contribution in [0.5, 0.6) is 0 Å². The van der Waals surface area contributed by atoms with Crippen LogP contribution in [0, 0.1) is 0 Å². The van der Waals surface area contributed by atoms with Gasteiger partial charge in [-0.05, 0) is 32.2 Å². The van der Waals surface area contributed by atoms with Gasteiger partial charge in [0.05, 0.1) is 35.1 Å². The molecule has 1 heterocycles. The summed E-state index contributed by atoms with van der Waals surface area (Å²) in [5, 5.41) is 9.25. The lowest BCUT2D eigenvalue weighted by molar-refractivity contribution is -0.0420. The summed E-state index contributed by atoms with van der Waals surface area (Å²) < 4.78 is 31.4.